The molecule has 3 aliphatic rings. The zero-order chi connectivity index (χ0) is 28.2. The molecule has 0 aromatic heterocycles. The third kappa shape index (κ3) is 6.67. The van der Waals surface area contributed by atoms with E-state index in [1.165, 1.54) is 10.5 Å². The zero-order valence-electron chi connectivity index (χ0n) is 23.0. The lowest BCUT2D eigenvalue weighted by atomic mass is 9.97. The molecule has 0 saturated carbocycles. The average molecular weight is 565 g/mol. The Morgan fingerprint density at radius 1 is 1.02 bits per heavy atom. The molecule has 2 aliphatic heterocycles. The third-order valence-corrected chi connectivity index (χ3v) is 8.27. The number of likely N-dealkylation sites (N-methyl/N-ethyl adjacent to an activating group) is 1. The summed E-state index contributed by atoms with van der Waals surface area (Å²) in [7, 11) is 1.64. The van der Waals surface area contributed by atoms with Crippen LogP contribution in [0.5, 0.6) is 5.75 Å². The highest BCUT2D eigenvalue weighted by Gasteiger charge is 2.35. The largest absolute Gasteiger partial charge is 0.489 e. The Labute approximate surface area is 240 Å². The highest BCUT2D eigenvalue weighted by atomic mass is 35.5. The van der Waals surface area contributed by atoms with Crippen LogP contribution in [-0.4, -0.2) is 67.0 Å². The first kappa shape index (κ1) is 28.2. The van der Waals surface area contributed by atoms with Gasteiger partial charge in [-0.15, -0.1) is 0 Å². The Morgan fingerprint density at radius 2 is 1.75 bits per heavy atom. The summed E-state index contributed by atoms with van der Waals surface area (Å²) in [6, 6.07) is 11.4. The van der Waals surface area contributed by atoms with Gasteiger partial charge >= 0.3 is 0 Å². The van der Waals surface area contributed by atoms with Gasteiger partial charge in [0.05, 0.1) is 0 Å². The second kappa shape index (κ2) is 12.4. The van der Waals surface area contributed by atoms with Crippen molar-refractivity contribution in [1.82, 2.24) is 20.9 Å². The molecular formula is C31H37ClN4O4. The Morgan fingerprint density at radius 3 is 2.48 bits per heavy atom. The van der Waals surface area contributed by atoms with E-state index < -0.39 is 18.1 Å². The summed E-state index contributed by atoms with van der Waals surface area (Å²) in [6.45, 7) is 2.68. The summed E-state index contributed by atoms with van der Waals surface area (Å²) < 4.78 is 6.45. The summed E-state index contributed by atoms with van der Waals surface area (Å²) in [6.07, 6.45) is 6.33. The molecule has 4 atom stereocenters. The average Bonchev–Trinajstić information content (AvgIpc) is 3.80. The lowest BCUT2D eigenvalue weighted by Gasteiger charge is -2.32. The SMILES string of the molecule is C[C@@H]1C(=O)N[C@H](Cc2ccc(Cl)cc2)C(=O)NCCCc2cccc3c2OC(CC3)CN[C@@H](C2=CC2)C(=O)N1C. The van der Waals surface area contributed by atoms with E-state index in [9.17, 15) is 14.4 Å². The number of carbonyl (C=O) groups excluding carboxylic acids is 3. The second-order valence-electron chi connectivity index (χ2n) is 10.9. The Balaban J connectivity index is 1.39. The molecule has 2 bridgehead atoms. The van der Waals surface area contributed by atoms with Gasteiger partial charge in [0.15, 0.2) is 0 Å². The molecule has 9 heteroatoms. The molecule has 2 aromatic carbocycles. The second-order valence-corrected chi connectivity index (χ2v) is 11.4. The van der Waals surface area contributed by atoms with Crippen LogP contribution in [0.3, 0.4) is 0 Å². The first-order valence-electron chi connectivity index (χ1n) is 14.1. The number of benzene rings is 2. The molecule has 1 unspecified atom stereocenters. The van der Waals surface area contributed by atoms with Crippen LogP contribution in [0.1, 0.15) is 42.9 Å². The molecule has 40 heavy (non-hydrogen) atoms. The molecule has 0 saturated heterocycles. The lowest BCUT2D eigenvalue weighted by Crippen LogP contribution is -2.56. The molecule has 0 fully saturated rings. The van der Waals surface area contributed by atoms with Crippen molar-refractivity contribution in [2.45, 2.75) is 69.7 Å². The number of ether oxygens (including phenoxy) is 1. The van der Waals surface area contributed by atoms with Crippen LogP contribution < -0.4 is 20.7 Å². The van der Waals surface area contributed by atoms with Gasteiger partial charge in [-0.05, 0) is 73.4 Å². The van der Waals surface area contributed by atoms with Crippen LogP contribution in [-0.2, 0) is 33.6 Å². The molecule has 0 spiro atoms. The van der Waals surface area contributed by atoms with E-state index in [0.717, 1.165) is 54.6 Å². The summed E-state index contributed by atoms with van der Waals surface area (Å²) in [5, 5.41) is 9.93. The van der Waals surface area contributed by atoms with Crippen LogP contribution in [0.4, 0.5) is 0 Å². The minimum absolute atomic E-state index is 0.0541. The van der Waals surface area contributed by atoms with Crippen molar-refractivity contribution in [2.24, 2.45) is 0 Å². The maximum atomic E-state index is 13.6. The monoisotopic (exact) mass is 564 g/mol. The third-order valence-electron chi connectivity index (χ3n) is 8.02. The van der Waals surface area contributed by atoms with Crippen molar-refractivity contribution >= 4 is 29.3 Å². The standard InChI is InChI=1S/C31H37ClN4O4/c1-19-29(37)35-26(17-20-8-13-24(32)14-9-20)30(38)33-16-4-7-22-5-3-6-23-12-15-25(40-28(22)23)18-34-27(21-10-11-21)31(39)36(19)2/h3,5-6,8-10,13-14,19,25-27,34H,4,7,11-12,15-18H2,1-2H3,(H,33,38)(H,35,37)/t19-,25?,26-,27+/m1/s1. The van der Waals surface area contributed by atoms with E-state index in [-0.39, 0.29) is 23.8 Å². The maximum Gasteiger partial charge on any atom is 0.244 e. The number of para-hydroxylation sites is 1. The maximum absolute atomic E-state index is 13.6. The number of nitrogens with zero attached hydrogens (tertiary/aromatic N) is 1. The molecule has 2 heterocycles. The van der Waals surface area contributed by atoms with E-state index in [0.29, 0.717) is 24.5 Å². The first-order valence-corrected chi connectivity index (χ1v) is 14.5. The van der Waals surface area contributed by atoms with Crippen LogP contribution >= 0.6 is 11.6 Å². The molecule has 5 rings (SSSR count). The van der Waals surface area contributed by atoms with Gasteiger partial charge in [0, 0.05) is 31.6 Å². The Bertz CT molecular complexity index is 1290. The minimum atomic E-state index is -0.799. The van der Waals surface area contributed by atoms with E-state index >= 15 is 0 Å². The summed E-state index contributed by atoms with van der Waals surface area (Å²) in [4.78, 5) is 41.7. The van der Waals surface area contributed by atoms with Gasteiger partial charge in [-0.2, -0.15) is 0 Å². The molecule has 8 nitrogen and oxygen atoms in total. The zero-order valence-corrected chi connectivity index (χ0v) is 23.8. The fraction of sp³-hybridized carbons (Fsp3) is 0.452. The van der Waals surface area contributed by atoms with Crippen molar-refractivity contribution in [3.05, 3.63) is 75.8 Å². The van der Waals surface area contributed by atoms with Gasteiger partial charge in [0.2, 0.25) is 17.7 Å². The van der Waals surface area contributed by atoms with Crippen LogP contribution in [0, 0.1) is 0 Å². The number of aryl methyl sites for hydroxylation is 2. The number of amides is 3. The Hall–Kier alpha value is -3.36. The number of rotatable bonds is 3. The number of halogens is 1. The smallest absolute Gasteiger partial charge is 0.244 e. The molecular weight excluding hydrogens is 528 g/mol. The number of carbonyl (C=O) groups is 3. The normalized spacial score (nSPS) is 26.0. The molecule has 1 aliphatic carbocycles. The van der Waals surface area contributed by atoms with Crippen molar-refractivity contribution in [2.75, 3.05) is 20.1 Å². The number of hydrogen-bond acceptors (Lipinski definition) is 5. The van der Waals surface area contributed by atoms with Crippen LogP contribution in [0.15, 0.2) is 54.1 Å². The van der Waals surface area contributed by atoms with Crippen molar-refractivity contribution in [3.8, 4) is 5.75 Å². The lowest BCUT2D eigenvalue weighted by molar-refractivity contribution is -0.140. The fourth-order valence-corrected chi connectivity index (χ4v) is 5.46. The van der Waals surface area contributed by atoms with Crippen molar-refractivity contribution in [1.29, 1.82) is 0 Å². The number of allylic oxidation sites excluding steroid dienone is 1. The molecule has 2 aromatic rings. The van der Waals surface area contributed by atoms with E-state index in [1.807, 2.05) is 18.2 Å². The van der Waals surface area contributed by atoms with Gasteiger partial charge in [-0.1, -0.05) is 48.0 Å². The predicted octanol–water partition coefficient (Wildman–Crippen LogP) is 2.96. The summed E-state index contributed by atoms with van der Waals surface area (Å²) in [5.74, 6) is 0.106. The van der Waals surface area contributed by atoms with Crippen molar-refractivity contribution in [3.63, 3.8) is 0 Å². The van der Waals surface area contributed by atoms with Crippen LogP contribution in [0.25, 0.3) is 0 Å². The number of nitrogens with one attached hydrogen (secondary N) is 3. The van der Waals surface area contributed by atoms with Gasteiger partial charge < -0.3 is 20.3 Å². The fourth-order valence-electron chi connectivity index (χ4n) is 5.33. The summed E-state index contributed by atoms with van der Waals surface area (Å²) >= 11 is 6.04. The van der Waals surface area contributed by atoms with Gasteiger partial charge in [0.25, 0.3) is 0 Å². The van der Waals surface area contributed by atoms with E-state index in [2.05, 4.69) is 34.1 Å². The van der Waals surface area contributed by atoms with Gasteiger partial charge in [0.1, 0.15) is 30.0 Å². The highest BCUT2D eigenvalue weighted by molar-refractivity contribution is 6.30. The van der Waals surface area contributed by atoms with E-state index in [4.69, 9.17) is 16.3 Å². The van der Waals surface area contributed by atoms with Crippen molar-refractivity contribution < 1.29 is 19.1 Å². The number of fused-ring (bicyclic) bond motifs is 1. The minimum Gasteiger partial charge on any atom is -0.489 e. The predicted molar refractivity (Wildman–Crippen MR) is 154 cm³/mol. The Kier molecular flexibility index (Phi) is 8.76. The first-order chi connectivity index (χ1) is 19.3. The highest BCUT2D eigenvalue weighted by Crippen LogP contribution is 2.32. The van der Waals surface area contributed by atoms with Crippen LogP contribution in [0.2, 0.25) is 5.02 Å². The number of hydrogen-bond donors (Lipinski definition) is 3. The molecule has 212 valence electrons. The quantitative estimate of drug-likeness (QED) is 0.498. The topological polar surface area (TPSA) is 99.8 Å². The summed E-state index contributed by atoms with van der Waals surface area (Å²) in [5.41, 5.74) is 4.21. The molecule has 3 amide bonds. The van der Waals surface area contributed by atoms with Gasteiger partial charge in [-0.3, -0.25) is 19.7 Å². The molecule has 0 radical (unpaired) electrons. The van der Waals surface area contributed by atoms with Gasteiger partial charge in [-0.25, -0.2) is 0 Å². The molecule has 3 N–H and O–H groups in total. The van der Waals surface area contributed by atoms with E-state index in [1.54, 1.807) is 26.1 Å².